The molecule has 29 heavy (non-hydrogen) atoms. The van der Waals surface area contributed by atoms with Crippen LogP contribution in [-0.4, -0.2) is 26.2 Å². The first-order valence-electron chi connectivity index (χ1n) is 9.51. The van der Waals surface area contributed by atoms with E-state index in [0.29, 0.717) is 24.9 Å². The molecule has 0 spiro atoms. The third kappa shape index (κ3) is 3.65. The van der Waals surface area contributed by atoms with Crippen LogP contribution in [0.25, 0.3) is 0 Å². The van der Waals surface area contributed by atoms with Gasteiger partial charge in [-0.2, -0.15) is 13.2 Å². The largest absolute Gasteiger partial charge is 0.418 e. The number of halogens is 4. The van der Waals surface area contributed by atoms with Crippen molar-refractivity contribution in [2.24, 2.45) is 0 Å². The highest BCUT2D eigenvalue weighted by atomic mass is 35.5. The summed E-state index contributed by atoms with van der Waals surface area (Å²) in [5, 5.41) is 19.7. The lowest BCUT2D eigenvalue weighted by Crippen LogP contribution is -2.36. The molecule has 2 aliphatic heterocycles. The van der Waals surface area contributed by atoms with Gasteiger partial charge in [0.1, 0.15) is 11.5 Å². The molecule has 1 fully saturated rings. The van der Waals surface area contributed by atoms with Crippen molar-refractivity contribution in [2.45, 2.75) is 57.3 Å². The maximum absolute atomic E-state index is 13.2. The molecule has 1 aromatic heterocycles. The number of anilines is 1. The van der Waals surface area contributed by atoms with E-state index >= 15 is 0 Å². The molecule has 1 unspecified atom stereocenters. The summed E-state index contributed by atoms with van der Waals surface area (Å²) in [7, 11) is 0. The molecular formula is C18H19ClF3N5O2. The van der Waals surface area contributed by atoms with Gasteiger partial charge in [0.05, 0.1) is 21.6 Å². The number of nitro benzene ring substituents is 1. The zero-order valence-electron chi connectivity index (χ0n) is 15.5. The van der Waals surface area contributed by atoms with Gasteiger partial charge in [0.15, 0.2) is 5.82 Å². The highest BCUT2D eigenvalue weighted by Crippen LogP contribution is 2.45. The molecule has 0 radical (unpaired) electrons. The average molecular weight is 430 g/mol. The Labute approximate surface area is 169 Å². The molecule has 1 aromatic carbocycles. The lowest BCUT2D eigenvalue weighted by molar-refractivity contribution is -0.384. The second-order valence-corrected chi connectivity index (χ2v) is 7.77. The summed E-state index contributed by atoms with van der Waals surface area (Å²) in [4.78, 5) is 12.6. The Kier molecular flexibility index (Phi) is 5.14. The molecule has 0 aliphatic carbocycles. The van der Waals surface area contributed by atoms with Gasteiger partial charge in [0.25, 0.3) is 5.69 Å². The average Bonchev–Trinajstić information content (AvgIpc) is 3.10. The van der Waals surface area contributed by atoms with Crippen molar-refractivity contribution in [1.82, 2.24) is 14.8 Å². The lowest BCUT2D eigenvalue weighted by Gasteiger charge is -2.37. The number of aromatic nitrogens is 3. The Hall–Kier alpha value is -2.36. The summed E-state index contributed by atoms with van der Waals surface area (Å²) in [6, 6.07) is 1.30. The van der Waals surface area contributed by atoms with Gasteiger partial charge in [-0.1, -0.05) is 11.6 Å². The van der Waals surface area contributed by atoms with Crippen molar-refractivity contribution in [3.63, 3.8) is 0 Å². The second kappa shape index (κ2) is 7.47. The van der Waals surface area contributed by atoms with E-state index in [-0.39, 0.29) is 11.7 Å². The van der Waals surface area contributed by atoms with Crippen molar-refractivity contribution in [1.29, 1.82) is 0 Å². The van der Waals surface area contributed by atoms with Crippen LogP contribution in [0.4, 0.5) is 24.5 Å². The lowest BCUT2D eigenvalue weighted by atomic mass is 9.99. The van der Waals surface area contributed by atoms with Gasteiger partial charge in [-0.05, 0) is 38.2 Å². The summed E-state index contributed by atoms with van der Waals surface area (Å²) in [5.41, 5.74) is -1.72. The van der Waals surface area contributed by atoms with Crippen LogP contribution >= 0.6 is 11.6 Å². The van der Waals surface area contributed by atoms with Crippen LogP contribution in [0.1, 0.15) is 55.4 Å². The summed E-state index contributed by atoms with van der Waals surface area (Å²) in [6.07, 6.45) is 0.440. The molecule has 0 saturated carbocycles. The van der Waals surface area contributed by atoms with Gasteiger partial charge >= 0.3 is 6.18 Å². The number of benzene rings is 1. The number of aryl methyl sites for hydroxylation is 1. The topological polar surface area (TPSA) is 77.1 Å². The first-order valence-corrected chi connectivity index (χ1v) is 9.89. The highest BCUT2D eigenvalue weighted by Gasteiger charge is 2.39. The molecule has 2 aromatic rings. The van der Waals surface area contributed by atoms with Crippen LogP contribution in [-0.2, 0) is 19.1 Å². The fraction of sp³-hybridized carbons (Fsp3) is 0.556. The van der Waals surface area contributed by atoms with Gasteiger partial charge in [-0.3, -0.25) is 10.1 Å². The molecule has 0 bridgehead atoms. The van der Waals surface area contributed by atoms with Crippen LogP contribution in [0.3, 0.4) is 0 Å². The van der Waals surface area contributed by atoms with E-state index in [1.807, 2.05) is 4.57 Å². The molecule has 4 rings (SSSR count). The standard InChI is InChI=1S/C18H19ClF3N5O2/c19-12-10-14(15(27(28)29)9-11(12)18(20,21)22)25-7-3-1-5-13(25)17-24-23-16-6-2-4-8-26(16)17/h9-10,13H,1-8H2. The van der Waals surface area contributed by atoms with Crippen LogP contribution in [0, 0.1) is 10.1 Å². The molecule has 7 nitrogen and oxygen atoms in total. The van der Waals surface area contributed by atoms with Crippen molar-refractivity contribution in [3.05, 3.63) is 44.5 Å². The predicted molar refractivity (Wildman–Crippen MR) is 100 cm³/mol. The van der Waals surface area contributed by atoms with Gasteiger partial charge in [-0.15, -0.1) is 10.2 Å². The first-order chi connectivity index (χ1) is 13.8. The number of piperidine rings is 1. The number of nitro groups is 1. The minimum atomic E-state index is -4.77. The monoisotopic (exact) mass is 429 g/mol. The molecule has 11 heteroatoms. The molecule has 1 saturated heterocycles. The van der Waals surface area contributed by atoms with Crippen molar-refractivity contribution in [2.75, 3.05) is 11.4 Å². The number of nitrogens with zero attached hydrogens (tertiary/aromatic N) is 5. The van der Waals surface area contributed by atoms with E-state index in [4.69, 9.17) is 11.6 Å². The fourth-order valence-electron chi connectivity index (χ4n) is 4.21. The summed E-state index contributed by atoms with van der Waals surface area (Å²) >= 11 is 5.90. The minimum Gasteiger partial charge on any atom is -0.356 e. The van der Waals surface area contributed by atoms with E-state index in [1.54, 1.807) is 4.90 Å². The van der Waals surface area contributed by atoms with E-state index < -0.39 is 27.4 Å². The summed E-state index contributed by atoms with van der Waals surface area (Å²) in [5.74, 6) is 1.60. The zero-order chi connectivity index (χ0) is 20.8. The number of rotatable bonds is 3. The number of alkyl halides is 3. The highest BCUT2D eigenvalue weighted by molar-refractivity contribution is 6.31. The van der Waals surface area contributed by atoms with Crippen molar-refractivity contribution < 1.29 is 18.1 Å². The van der Waals surface area contributed by atoms with E-state index in [1.165, 1.54) is 0 Å². The number of fused-ring (bicyclic) bond motifs is 1. The van der Waals surface area contributed by atoms with Crippen LogP contribution in [0.15, 0.2) is 12.1 Å². The Balaban J connectivity index is 1.80. The third-order valence-corrected chi connectivity index (χ3v) is 5.88. The minimum absolute atomic E-state index is 0.0888. The number of hydrogen-bond acceptors (Lipinski definition) is 5. The first kappa shape index (κ1) is 19.9. The van der Waals surface area contributed by atoms with Crippen LogP contribution in [0.5, 0.6) is 0 Å². The molecule has 156 valence electrons. The predicted octanol–water partition coefficient (Wildman–Crippen LogP) is 4.93. The van der Waals surface area contributed by atoms with E-state index in [9.17, 15) is 23.3 Å². The van der Waals surface area contributed by atoms with Gasteiger partial charge in [0, 0.05) is 25.6 Å². The van der Waals surface area contributed by atoms with Crippen molar-refractivity contribution in [3.8, 4) is 0 Å². The molecule has 1 atom stereocenters. The molecule has 3 heterocycles. The Bertz CT molecular complexity index is 946. The number of hydrogen-bond donors (Lipinski definition) is 0. The molecular weight excluding hydrogens is 411 g/mol. The fourth-order valence-corrected chi connectivity index (χ4v) is 4.48. The normalized spacial score (nSPS) is 19.9. The van der Waals surface area contributed by atoms with E-state index in [0.717, 1.165) is 50.5 Å². The Morgan fingerprint density at radius 2 is 1.90 bits per heavy atom. The SMILES string of the molecule is O=[N+]([O-])c1cc(C(F)(F)F)c(Cl)cc1N1CCCCC1c1nnc2n1CCCC2. The quantitative estimate of drug-likeness (QED) is 0.511. The molecule has 0 amide bonds. The summed E-state index contributed by atoms with van der Waals surface area (Å²) in [6.45, 7) is 1.24. The molecule has 2 aliphatic rings. The third-order valence-electron chi connectivity index (χ3n) is 5.56. The maximum Gasteiger partial charge on any atom is 0.418 e. The van der Waals surface area contributed by atoms with Crippen LogP contribution < -0.4 is 4.90 Å². The van der Waals surface area contributed by atoms with E-state index in [2.05, 4.69) is 10.2 Å². The van der Waals surface area contributed by atoms with Gasteiger partial charge in [-0.25, -0.2) is 0 Å². The second-order valence-electron chi connectivity index (χ2n) is 7.36. The Morgan fingerprint density at radius 1 is 1.14 bits per heavy atom. The maximum atomic E-state index is 13.2. The zero-order valence-corrected chi connectivity index (χ0v) is 16.2. The molecule has 0 N–H and O–H groups in total. The van der Waals surface area contributed by atoms with Crippen molar-refractivity contribution >= 4 is 23.0 Å². The van der Waals surface area contributed by atoms with Gasteiger partial charge in [0.2, 0.25) is 0 Å². The van der Waals surface area contributed by atoms with Gasteiger partial charge < -0.3 is 9.47 Å². The smallest absolute Gasteiger partial charge is 0.356 e. The van der Waals surface area contributed by atoms with Crippen LogP contribution in [0.2, 0.25) is 5.02 Å². The summed E-state index contributed by atoms with van der Waals surface area (Å²) < 4.78 is 41.7. The Morgan fingerprint density at radius 3 is 2.62 bits per heavy atom.